The predicted molar refractivity (Wildman–Crippen MR) is 61.7 cm³/mol. The lowest BCUT2D eigenvalue weighted by Gasteiger charge is -2.22. The van der Waals surface area contributed by atoms with Crippen molar-refractivity contribution in [2.24, 2.45) is 7.05 Å². The highest BCUT2D eigenvalue weighted by molar-refractivity contribution is 5.21. The second-order valence-corrected chi connectivity index (χ2v) is 4.46. The minimum Gasteiger partial charge on any atom is -0.312 e. The summed E-state index contributed by atoms with van der Waals surface area (Å²) in [5.74, 6) is 0. The molecule has 2 rings (SSSR count). The summed E-state index contributed by atoms with van der Waals surface area (Å²) < 4.78 is 2.93. The van der Waals surface area contributed by atoms with Gasteiger partial charge in [-0.1, -0.05) is 0 Å². The Kier molecular flexibility index (Phi) is 2.71. The van der Waals surface area contributed by atoms with E-state index in [9.17, 15) is 9.59 Å². The molecule has 1 aliphatic rings. The maximum absolute atomic E-state index is 12.1. The lowest BCUT2D eigenvalue weighted by Crippen LogP contribution is -2.46. The molecule has 0 unspecified atom stereocenters. The number of aromatic nitrogens is 2. The third kappa shape index (κ3) is 1.51. The van der Waals surface area contributed by atoms with Gasteiger partial charge in [0.15, 0.2) is 0 Å². The van der Waals surface area contributed by atoms with Gasteiger partial charge in [0.05, 0.1) is 5.56 Å². The number of hydrogen-bond acceptors (Lipinski definition) is 3. The van der Waals surface area contributed by atoms with Crippen molar-refractivity contribution in [3.8, 4) is 0 Å². The Hall–Kier alpha value is -1.36. The van der Waals surface area contributed by atoms with Crippen molar-refractivity contribution >= 4 is 0 Å². The van der Waals surface area contributed by atoms with Gasteiger partial charge in [0.1, 0.15) is 0 Å². The fraction of sp³-hybridized carbons (Fsp3) is 0.636. The molecular weight excluding hydrogens is 206 g/mol. The van der Waals surface area contributed by atoms with E-state index in [1.54, 1.807) is 11.6 Å². The van der Waals surface area contributed by atoms with Crippen LogP contribution in [0.25, 0.3) is 0 Å². The fourth-order valence-electron chi connectivity index (χ4n) is 2.21. The van der Waals surface area contributed by atoms with E-state index in [1.165, 1.54) is 4.57 Å². The normalized spacial score (nSPS) is 15.2. The number of rotatable bonds is 1. The van der Waals surface area contributed by atoms with Gasteiger partial charge in [-0.05, 0) is 13.8 Å². The third-order valence-electron chi connectivity index (χ3n) is 3.08. The van der Waals surface area contributed by atoms with Crippen molar-refractivity contribution in [3.05, 3.63) is 32.1 Å². The van der Waals surface area contributed by atoms with Crippen LogP contribution in [0, 0.1) is 0 Å². The maximum Gasteiger partial charge on any atom is 0.331 e. The van der Waals surface area contributed by atoms with Crippen LogP contribution in [0.1, 0.15) is 31.1 Å². The number of nitrogens with one attached hydrogen (secondary N) is 1. The molecule has 1 aromatic heterocycles. The lowest BCUT2D eigenvalue weighted by molar-refractivity contribution is 0.484. The lowest BCUT2D eigenvalue weighted by atomic mass is 10.1. The molecule has 16 heavy (non-hydrogen) atoms. The van der Waals surface area contributed by atoms with E-state index >= 15 is 0 Å². The summed E-state index contributed by atoms with van der Waals surface area (Å²) >= 11 is 0. The topological polar surface area (TPSA) is 56.0 Å². The molecule has 0 fully saturated rings. The Morgan fingerprint density at radius 3 is 2.62 bits per heavy atom. The van der Waals surface area contributed by atoms with Gasteiger partial charge in [-0.15, -0.1) is 0 Å². The minimum atomic E-state index is -0.208. The van der Waals surface area contributed by atoms with Gasteiger partial charge in [-0.3, -0.25) is 9.36 Å². The first-order valence-corrected chi connectivity index (χ1v) is 5.58. The van der Waals surface area contributed by atoms with Gasteiger partial charge in [-0.2, -0.15) is 0 Å². The summed E-state index contributed by atoms with van der Waals surface area (Å²) in [6.07, 6.45) is 0.745. The molecular formula is C11H17N3O2. The molecule has 0 radical (unpaired) electrons. The molecule has 88 valence electrons. The molecule has 1 aromatic rings. The summed E-state index contributed by atoms with van der Waals surface area (Å²) in [7, 11) is 1.74. The molecule has 0 amide bonds. The molecule has 5 nitrogen and oxygen atoms in total. The van der Waals surface area contributed by atoms with Gasteiger partial charge in [0.2, 0.25) is 0 Å². The van der Waals surface area contributed by atoms with Gasteiger partial charge < -0.3 is 9.88 Å². The Morgan fingerprint density at radius 2 is 2.00 bits per heavy atom. The molecule has 0 aromatic carbocycles. The van der Waals surface area contributed by atoms with E-state index in [2.05, 4.69) is 5.32 Å². The summed E-state index contributed by atoms with van der Waals surface area (Å²) in [5, 5.41) is 3.17. The van der Waals surface area contributed by atoms with E-state index in [0.29, 0.717) is 6.54 Å². The van der Waals surface area contributed by atoms with Crippen LogP contribution in [0.5, 0.6) is 0 Å². The molecule has 0 saturated carbocycles. The second kappa shape index (κ2) is 3.90. The largest absolute Gasteiger partial charge is 0.331 e. The monoisotopic (exact) mass is 223 g/mol. The van der Waals surface area contributed by atoms with E-state index in [0.717, 1.165) is 24.2 Å². The van der Waals surface area contributed by atoms with E-state index < -0.39 is 0 Å². The standard InChI is InChI=1S/C11H17N3O2/c1-7(2)14-10(15)8-6-12-5-4-9(8)13(3)11(14)16/h7,12H,4-6H2,1-3H3. The highest BCUT2D eigenvalue weighted by atomic mass is 16.2. The molecule has 0 bridgehead atoms. The van der Waals surface area contributed by atoms with Crippen LogP contribution in [-0.2, 0) is 20.0 Å². The van der Waals surface area contributed by atoms with Gasteiger partial charge in [0.25, 0.3) is 5.56 Å². The molecule has 0 aliphatic carbocycles. The molecule has 0 spiro atoms. The van der Waals surface area contributed by atoms with E-state index in [-0.39, 0.29) is 17.3 Å². The van der Waals surface area contributed by atoms with Crippen LogP contribution < -0.4 is 16.6 Å². The van der Waals surface area contributed by atoms with E-state index in [1.807, 2.05) is 13.8 Å². The highest BCUT2D eigenvalue weighted by Gasteiger charge is 2.20. The molecule has 2 heterocycles. The van der Waals surface area contributed by atoms with Crippen LogP contribution in [0.4, 0.5) is 0 Å². The molecule has 0 atom stereocenters. The number of nitrogens with zero attached hydrogens (tertiary/aromatic N) is 2. The van der Waals surface area contributed by atoms with Crippen molar-refractivity contribution in [2.75, 3.05) is 6.54 Å². The Bertz CT molecular complexity index is 525. The Balaban J connectivity index is 2.81. The molecule has 1 N–H and O–H groups in total. The first-order chi connectivity index (χ1) is 7.54. The van der Waals surface area contributed by atoms with Crippen molar-refractivity contribution in [1.29, 1.82) is 0 Å². The van der Waals surface area contributed by atoms with Crippen LogP contribution >= 0.6 is 0 Å². The van der Waals surface area contributed by atoms with Crippen molar-refractivity contribution in [2.45, 2.75) is 32.9 Å². The van der Waals surface area contributed by atoms with Crippen molar-refractivity contribution in [3.63, 3.8) is 0 Å². The number of fused-ring (bicyclic) bond motifs is 1. The Labute approximate surface area is 93.7 Å². The second-order valence-electron chi connectivity index (χ2n) is 4.46. The van der Waals surface area contributed by atoms with Crippen molar-refractivity contribution in [1.82, 2.24) is 14.5 Å². The summed E-state index contributed by atoms with van der Waals surface area (Å²) in [6.45, 7) is 5.09. The summed E-state index contributed by atoms with van der Waals surface area (Å²) in [4.78, 5) is 24.1. The number of hydrogen-bond donors (Lipinski definition) is 1. The maximum atomic E-state index is 12.1. The Morgan fingerprint density at radius 1 is 1.31 bits per heavy atom. The van der Waals surface area contributed by atoms with Crippen LogP contribution in [0.2, 0.25) is 0 Å². The fourth-order valence-corrected chi connectivity index (χ4v) is 2.21. The van der Waals surface area contributed by atoms with Gasteiger partial charge >= 0.3 is 5.69 Å². The molecule has 1 aliphatic heterocycles. The summed E-state index contributed by atoms with van der Waals surface area (Å²) in [6, 6.07) is -0.0987. The zero-order chi connectivity index (χ0) is 11.9. The predicted octanol–water partition coefficient (Wildman–Crippen LogP) is -0.226. The zero-order valence-electron chi connectivity index (χ0n) is 9.91. The third-order valence-corrected chi connectivity index (χ3v) is 3.08. The average Bonchev–Trinajstić information content (AvgIpc) is 2.26. The molecule has 0 saturated heterocycles. The van der Waals surface area contributed by atoms with Crippen LogP contribution in [-0.4, -0.2) is 15.7 Å². The first kappa shape index (κ1) is 11.1. The minimum absolute atomic E-state index is 0.0987. The summed E-state index contributed by atoms with van der Waals surface area (Å²) in [5.41, 5.74) is 1.27. The molecule has 5 heteroatoms. The smallest absolute Gasteiger partial charge is 0.312 e. The van der Waals surface area contributed by atoms with Crippen LogP contribution in [0.3, 0.4) is 0 Å². The SMILES string of the molecule is CC(C)n1c(=O)c2c(n(C)c1=O)CCNC2. The average molecular weight is 223 g/mol. The van der Waals surface area contributed by atoms with Gasteiger partial charge in [-0.25, -0.2) is 4.79 Å². The quantitative estimate of drug-likeness (QED) is 0.715. The highest BCUT2D eigenvalue weighted by Crippen LogP contribution is 2.07. The zero-order valence-corrected chi connectivity index (χ0v) is 9.91. The van der Waals surface area contributed by atoms with E-state index in [4.69, 9.17) is 0 Å². The first-order valence-electron chi connectivity index (χ1n) is 5.58. The van der Waals surface area contributed by atoms with Gasteiger partial charge in [0, 0.05) is 38.3 Å². The van der Waals surface area contributed by atoms with Crippen molar-refractivity contribution < 1.29 is 0 Å². The van der Waals surface area contributed by atoms with Crippen LogP contribution in [0.15, 0.2) is 9.59 Å².